The number of hydrogen-bond acceptors (Lipinski definition) is 6. The number of carbonyl (C=O) groups excluding carboxylic acids is 1. The normalized spacial score (nSPS) is 13.9. The van der Waals surface area contributed by atoms with Gasteiger partial charge in [-0.2, -0.15) is 4.31 Å². The maximum Gasteiger partial charge on any atom is 0.256 e. The standard InChI is InChI=1S/C25H35N3O5S/c1-6-28(7-2)34(30,31)21-12-13-23(27-14-8-9-15-27)22(17-21)25(29)26(3)18-19-10-11-20(32-4)16-24(19)33-5/h10-13,16-17H,6-9,14-15,18H2,1-5H3. The van der Waals surface area contributed by atoms with Gasteiger partial charge in [0.2, 0.25) is 10.0 Å². The van der Waals surface area contributed by atoms with Gasteiger partial charge < -0.3 is 19.3 Å². The van der Waals surface area contributed by atoms with Crippen LogP contribution in [0.25, 0.3) is 0 Å². The zero-order valence-corrected chi connectivity index (χ0v) is 21.5. The van der Waals surface area contributed by atoms with Crippen LogP contribution in [0.5, 0.6) is 11.5 Å². The smallest absolute Gasteiger partial charge is 0.256 e. The molecule has 8 nitrogen and oxygen atoms in total. The van der Waals surface area contributed by atoms with Gasteiger partial charge in [-0.15, -0.1) is 0 Å². The Kier molecular flexibility index (Phi) is 8.43. The summed E-state index contributed by atoms with van der Waals surface area (Å²) in [5.74, 6) is 1.05. The van der Waals surface area contributed by atoms with Gasteiger partial charge in [0.1, 0.15) is 11.5 Å². The summed E-state index contributed by atoms with van der Waals surface area (Å²) >= 11 is 0. The molecule has 3 rings (SSSR count). The van der Waals surface area contributed by atoms with Crippen LogP contribution in [0, 0.1) is 0 Å². The second kappa shape index (κ2) is 11.1. The number of benzene rings is 2. The molecular weight excluding hydrogens is 454 g/mol. The Morgan fingerprint density at radius 3 is 2.26 bits per heavy atom. The molecule has 0 radical (unpaired) electrons. The maximum atomic E-state index is 13.7. The van der Waals surface area contributed by atoms with Crippen molar-refractivity contribution in [2.24, 2.45) is 0 Å². The van der Waals surface area contributed by atoms with Crippen molar-refractivity contribution in [3.63, 3.8) is 0 Å². The second-order valence-corrected chi connectivity index (χ2v) is 10.2. The first-order valence-corrected chi connectivity index (χ1v) is 13.1. The molecule has 1 heterocycles. The molecule has 2 aromatic rings. The predicted octanol–water partition coefficient (Wildman–Crippen LogP) is 3.61. The molecule has 1 aliphatic rings. The molecule has 34 heavy (non-hydrogen) atoms. The average Bonchev–Trinajstić information content (AvgIpc) is 3.38. The molecule has 1 fully saturated rings. The minimum Gasteiger partial charge on any atom is -0.497 e. The number of methoxy groups -OCH3 is 2. The minimum absolute atomic E-state index is 0.137. The highest BCUT2D eigenvalue weighted by Crippen LogP contribution is 2.31. The monoisotopic (exact) mass is 489 g/mol. The Labute approximate surface area is 203 Å². The van der Waals surface area contributed by atoms with Gasteiger partial charge in [0.25, 0.3) is 5.91 Å². The van der Waals surface area contributed by atoms with E-state index in [1.54, 1.807) is 44.4 Å². The summed E-state index contributed by atoms with van der Waals surface area (Å²) in [6, 6.07) is 10.4. The molecule has 0 unspecified atom stereocenters. The van der Waals surface area contributed by atoms with E-state index in [0.717, 1.165) is 37.2 Å². The first-order chi connectivity index (χ1) is 16.3. The van der Waals surface area contributed by atoms with Crippen LogP contribution in [-0.2, 0) is 16.6 Å². The molecule has 186 valence electrons. The highest BCUT2D eigenvalue weighted by atomic mass is 32.2. The fourth-order valence-corrected chi connectivity index (χ4v) is 5.79. The van der Waals surface area contributed by atoms with Gasteiger partial charge in [-0.1, -0.05) is 13.8 Å². The van der Waals surface area contributed by atoms with E-state index in [-0.39, 0.29) is 10.8 Å². The maximum absolute atomic E-state index is 13.7. The van der Waals surface area contributed by atoms with Crippen LogP contribution in [0.1, 0.15) is 42.6 Å². The van der Waals surface area contributed by atoms with Crippen molar-refractivity contribution >= 4 is 21.6 Å². The third-order valence-corrected chi connectivity index (χ3v) is 8.28. The van der Waals surface area contributed by atoms with Crippen molar-refractivity contribution in [3.8, 4) is 11.5 Å². The van der Waals surface area contributed by atoms with Crippen LogP contribution in [0.3, 0.4) is 0 Å². The summed E-state index contributed by atoms with van der Waals surface area (Å²) in [6.07, 6.45) is 2.10. The number of carbonyl (C=O) groups is 1. The molecular formula is C25H35N3O5S. The molecule has 1 amide bonds. The lowest BCUT2D eigenvalue weighted by atomic mass is 10.1. The number of anilines is 1. The Morgan fingerprint density at radius 2 is 1.68 bits per heavy atom. The second-order valence-electron chi connectivity index (χ2n) is 8.30. The van der Waals surface area contributed by atoms with Gasteiger partial charge in [0, 0.05) is 57.1 Å². The van der Waals surface area contributed by atoms with E-state index in [0.29, 0.717) is 36.7 Å². The number of nitrogens with zero attached hydrogens (tertiary/aromatic N) is 3. The van der Waals surface area contributed by atoms with E-state index in [9.17, 15) is 13.2 Å². The first kappa shape index (κ1) is 25.8. The zero-order chi connectivity index (χ0) is 24.9. The van der Waals surface area contributed by atoms with Gasteiger partial charge in [0.15, 0.2) is 0 Å². The summed E-state index contributed by atoms with van der Waals surface area (Å²) in [4.78, 5) is 17.5. The van der Waals surface area contributed by atoms with Gasteiger partial charge in [-0.05, 0) is 43.2 Å². The third-order valence-electron chi connectivity index (χ3n) is 6.24. The van der Waals surface area contributed by atoms with Crippen LogP contribution >= 0.6 is 0 Å². The average molecular weight is 490 g/mol. The highest BCUT2D eigenvalue weighted by Gasteiger charge is 2.27. The van der Waals surface area contributed by atoms with E-state index in [1.165, 1.54) is 10.4 Å². The molecule has 9 heteroatoms. The molecule has 1 aliphatic heterocycles. The zero-order valence-electron chi connectivity index (χ0n) is 20.7. The Bertz CT molecular complexity index is 1110. The Balaban J connectivity index is 1.99. The topological polar surface area (TPSA) is 79.4 Å². The van der Waals surface area contributed by atoms with Crippen molar-refractivity contribution < 1.29 is 22.7 Å². The molecule has 0 atom stereocenters. The van der Waals surface area contributed by atoms with Crippen molar-refractivity contribution in [3.05, 3.63) is 47.5 Å². The predicted molar refractivity (Wildman–Crippen MR) is 133 cm³/mol. The number of sulfonamides is 1. The SMILES string of the molecule is CCN(CC)S(=O)(=O)c1ccc(N2CCCC2)c(C(=O)N(C)Cc2ccc(OC)cc2OC)c1. The summed E-state index contributed by atoms with van der Waals surface area (Å²) in [5.41, 5.74) is 1.99. The Hall–Kier alpha value is -2.78. The van der Waals surface area contributed by atoms with Gasteiger partial charge in [-0.3, -0.25) is 4.79 Å². The lowest BCUT2D eigenvalue weighted by molar-refractivity contribution is 0.0784. The number of ether oxygens (including phenoxy) is 2. The molecule has 0 spiro atoms. The van der Waals surface area contributed by atoms with E-state index in [1.807, 2.05) is 26.0 Å². The molecule has 0 aliphatic carbocycles. The Morgan fingerprint density at radius 1 is 1.00 bits per heavy atom. The molecule has 0 N–H and O–H groups in total. The van der Waals surface area contributed by atoms with Crippen LogP contribution in [0.15, 0.2) is 41.3 Å². The molecule has 0 bridgehead atoms. The van der Waals surface area contributed by atoms with E-state index < -0.39 is 10.0 Å². The van der Waals surface area contributed by atoms with Crippen molar-refractivity contribution in [1.29, 1.82) is 0 Å². The highest BCUT2D eigenvalue weighted by molar-refractivity contribution is 7.89. The van der Waals surface area contributed by atoms with Crippen molar-refractivity contribution in [2.45, 2.75) is 38.1 Å². The largest absolute Gasteiger partial charge is 0.497 e. The first-order valence-electron chi connectivity index (χ1n) is 11.6. The lowest BCUT2D eigenvalue weighted by Crippen LogP contribution is -2.32. The number of hydrogen-bond donors (Lipinski definition) is 0. The van der Waals surface area contributed by atoms with E-state index >= 15 is 0 Å². The van der Waals surface area contributed by atoms with Gasteiger partial charge >= 0.3 is 0 Å². The summed E-state index contributed by atoms with van der Waals surface area (Å²) in [5, 5.41) is 0. The molecule has 0 saturated carbocycles. The molecule has 0 aromatic heterocycles. The van der Waals surface area contributed by atoms with E-state index in [2.05, 4.69) is 4.90 Å². The minimum atomic E-state index is -3.69. The summed E-state index contributed by atoms with van der Waals surface area (Å²) < 4.78 is 38.5. The van der Waals surface area contributed by atoms with Crippen LogP contribution in [0.2, 0.25) is 0 Å². The third kappa shape index (κ3) is 5.31. The van der Waals surface area contributed by atoms with Crippen molar-refractivity contribution in [1.82, 2.24) is 9.21 Å². The van der Waals surface area contributed by atoms with Crippen LogP contribution in [0.4, 0.5) is 5.69 Å². The van der Waals surface area contributed by atoms with Crippen LogP contribution < -0.4 is 14.4 Å². The summed E-state index contributed by atoms with van der Waals surface area (Å²) in [7, 11) is 1.19. The molecule has 2 aromatic carbocycles. The van der Waals surface area contributed by atoms with Crippen molar-refractivity contribution in [2.75, 3.05) is 52.3 Å². The number of rotatable bonds is 10. The fourth-order valence-electron chi connectivity index (χ4n) is 4.31. The number of amides is 1. The molecule has 1 saturated heterocycles. The fraction of sp³-hybridized carbons (Fsp3) is 0.480. The van der Waals surface area contributed by atoms with Gasteiger partial charge in [0.05, 0.1) is 24.7 Å². The van der Waals surface area contributed by atoms with Gasteiger partial charge in [-0.25, -0.2) is 8.42 Å². The van der Waals surface area contributed by atoms with Crippen LogP contribution in [-0.4, -0.2) is 71.0 Å². The van der Waals surface area contributed by atoms with E-state index in [4.69, 9.17) is 9.47 Å². The summed E-state index contributed by atoms with van der Waals surface area (Å²) in [6.45, 7) is 6.35. The quantitative estimate of drug-likeness (QED) is 0.507. The lowest BCUT2D eigenvalue weighted by Gasteiger charge is -2.26.